The second-order valence-corrected chi connectivity index (χ2v) is 3.01. The van der Waals surface area contributed by atoms with Crippen LogP contribution in [0.5, 0.6) is 0 Å². The molecule has 0 radical (unpaired) electrons. The molecule has 0 aliphatic heterocycles. The van der Waals surface area contributed by atoms with E-state index < -0.39 is 5.60 Å². The van der Waals surface area contributed by atoms with E-state index in [1.54, 1.807) is 0 Å². The summed E-state index contributed by atoms with van der Waals surface area (Å²) in [5, 5.41) is 9.81. The summed E-state index contributed by atoms with van der Waals surface area (Å²) >= 11 is 0. The van der Waals surface area contributed by atoms with Crippen LogP contribution >= 0.6 is 0 Å². The highest BCUT2D eigenvalue weighted by Crippen LogP contribution is 2.15. The number of hydrogen-bond donors (Lipinski definition) is 1. The van der Waals surface area contributed by atoms with Crippen LogP contribution in [0, 0.1) is 0 Å². The third kappa shape index (κ3) is 4.35. The number of hydrogen-bond acceptors (Lipinski definition) is 1. The zero-order valence-electron chi connectivity index (χ0n) is 8.38. The van der Waals surface area contributed by atoms with E-state index in [2.05, 4.69) is 13.0 Å². The lowest BCUT2D eigenvalue weighted by atomic mass is 9.97. The Morgan fingerprint density at radius 1 is 1.08 bits per heavy atom. The van der Waals surface area contributed by atoms with Crippen molar-refractivity contribution in [2.45, 2.75) is 45.6 Å². The van der Waals surface area contributed by atoms with E-state index in [0.29, 0.717) is 0 Å². The molecule has 0 bridgehead atoms. The fourth-order valence-electron chi connectivity index (χ4n) is 0.935. The summed E-state index contributed by atoms with van der Waals surface area (Å²) in [7, 11) is 0. The van der Waals surface area contributed by atoms with Gasteiger partial charge in [-0.3, -0.25) is 0 Å². The van der Waals surface area contributed by atoms with Gasteiger partial charge in [0.15, 0.2) is 0 Å². The molecule has 0 spiro atoms. The van der Waals surface area contributed by atoms with Gasteiger partial charge in [0.05, 0.1) is 5.60 Å². The molecule has 1 heteroatoms. The van der Waals surface area contributed by atoms with E-state index in [4.69, 9.17) is 0 Å². The van der Waals surface area contributed by atoms with Crippen molar-refractivity contribution in [2.75, 3.05) is 0 Å². The van der Waals surface area contributed by atoms with Crippen molar-refractivity contribution in [1.29, 1.82) is 0 Å². The van der Waals surface area contributed by atoms with Crippen molar-refractivity contribution in [3.05, 3.63) is 24.3 Å². The summed E-state index contributed by atoms with van der Waals surface area (Å²) in [6, 6.07) is 0. The Morgan fingerprint density at radius 2 is 1.67 bits per heavy atom. The van der Waals surface area contributed by atoms with Crippen LogP contribution in [0.1, 0.15) is 40.0 Å². The fourth-order valence-corrected chi connectivity index (χ4v) is 0.935. The summed E-state index contributed by atoms with van der Waals surface area (Å²) in [6.45, 7) is 6.09. The second-order valence-electron chi connectivity index (χ2n) is 3.01. The van der Waals surface area contributed by atoms with Gasteiger partial charge in [-0.05, 0) is 19.3 Å². The average Bonchev–Trinajstić information content (AvgIpc) is 2.12. The average molecular weight is 168 g/mol. The van der Waals surface area contributed by atoms with Gasteiger partial charge in [0.1, 0.15) is 0 Å². The van der Waals surface area contributed by atoms with E-state index in [-0.39, 0.29) is 0 Å². The largest absolute Gasteiger partial charge is 0.386 e. The van der Waals surface area contributed by atoms with Crippen molar-refractivity contribution in [3.63, 3.8) is 0 Å². The topological polar surface area (TPSA) is 20.2 Å². The minimum absolute atomic E-state index is 0.599. The molecule has 0 atom stereocenters. The Labute approximate surface area is 75.8 Å². The van der Waals surface area contributed by atoms with Gasteiger partial charge in [0.2, 0.25) is 0 Å². The molecule has 0 saturated heterocycles. The smallest absolute Gasteiger partial charge is 0.0825 e. The summed E-state index contributed by atoms with van der Waals surface area (Å²) in [5.41, 5.74) is -0.599. The zero-order valence-corrected chi connectivity index (χ0v) is 8.38. The Kier molecular flexibility index (Phi) is 5.73. The Bertz CT molecular complexity index is 152. The first-order chi connectivity index (χ1) is 5.68. The lowest BCUT2D eigenvalue weighted by Gasteiger charge is -2.19. The maximum atomic E-state index is 9.81. The molecule has 0 amide bonds. The first-order valence-corrected chi connectivity index (χ1v) is 4.75. The third-order valence-corrected chi connectivity index (χ3v) is 2.11. The summed E-state index contributed by atoms with van der Waals surface area (Å²) in [6.07, 6.45) is 10.5. The standard InChI is InChI=1S/C11H20O/c1-4-7-8-9-10-11(12,5-2)6-3/h7-10,12H,4-6H2,1-3H3. The van der Waals surface area contributed by atoms with E-state index in [1.807, 2.05) is 32.1 Å². The highest BCUT2D eigenvalue weighted by molar-refractivity contribution is 5.09. The molecule has 0 aliphatic rings. The van der Waals surface area contributed by atoms with Gasteiger partial charge in [-0.2, -0.15) is 0 Å². The van der Waals surface area contributed by atoms with Gasteiger partial charge in [0, 0.05) is 0 Å². The zero-order chi connectivity index (χ0) is 9.45. The van der Waals surface area contributed by atoms with Crippen LogP contribution in [0.15, 0.2) is 24.3 Å². The van der Waals surface area contributed by atoms with E-state index in [9.17, 15) is 5.11 Å². The van der Waals surface area contributed by atoms with Crippen LogP contribution in [-0.2, 0) is 0 Å². The van der Waals surface area contributed by atoms with Gasteiger partial charge in [-0.1, -0.05) is 45.1 Å². The number of allylic oxidation sites excluding steroid dienone is 3. The van der Waals surface area contributed by atoms with Gasteiger partial charge >= 0.3 is 0 Å². The summed E-state index contributed by atoms with van der Waals surface area (Å²) in [4.78, 5) is 0. The van der Waals surface area contributed by atoms with Crippen LogP contribution in [0.2, 0.25) is 0 Å². The lowest BCUT2D eigenvalue weighted by molar-refractivity contribution is 0.0828. The van der Waals surface area contributed by atoms with Crippen LogP contribution < -0.4 is 0 Å². The molecule has 0 aromatic heterocycles. The molecule has 1 N–H and O–H groups in total. The van der Waals surface area contributed by atoms with Crippen molar-refractivity contribution >= 4 is 0 Å². The fraction of sp³-hybridized carbons (Fsp3) is 0.636. The van der Waals surface area contributed by atoms with Crippen molar-refractivity contribution < 1.29 is 5.11 Å². The van der Waals surface area contributed by atoms with E-state index in [1.165, 1.54) is 0 Å². The maximum absolute atomic E-state index is 9.81. The van der Waals surface area contributed by atoms with Crippen LogP contribution in [-0.4, -0.2) is 10.7 Å². The SMILES string of the molecule is CCC=CC=CC(O)(CC)CC. The predicted molar refractivity (Wildman–Crippen MR) is 54.1 cm³/mol. The van der Waals surface area contributed by atoms with E-state index >= 15 is 0 Å². The van der Waals surface area contributed by atoms with Gasteiger partial charge < -0.3 is 5.11 Å². The highest BCUT2D eigenvalue weighted by Gasteiger charge is 2.16. The van der Waals surface area contributed by atoms with Crippen LogP contribution in [0.25, 0.3) is 0 Å². The van der Waals surface area contributed by atoms with Crippen LogP contribution in [0.4, 0.5) is 0 Å². The number of rotatable bonds is 5. The molecule has 0 aromatic carbocycles. The molecule has 0 fully saturated rings. The molecule has 0 unspecified atom stereocenters. The monoisotopic (exact) mass is 168 g/mol. The maximum Gasteiger partial charge on any atom is 0.0825 e. The van der Waals surface area contributed by atoms with Gasteiger partial charge in [-0.25, -0.2) is 0 Å². The van der Waals surface area contributed by atoms with Crippen molar-refractivity contribution in [3.8, 4) is 0 Å². The molecule has 70 valence electrons. The first-order valence-electron chi connectivity index (χ1n) is 4.75. The first kappa shape index (κ1) is 11.4. The normalized spacial score (nSPS) is 13.3. The molecular weight excluding hydrogens is 148 g/mol. The quantitative estimate of drug-likeness (QED) is 0.625. The molecule has 0 aromatic rings. The van der Waals surface area contributed by atoms with Crippen molar-refractivity contribution in [1.82, 2.24) is 0 Å². The molecule has 0 aliphatic carbocycles. The predicted octanol–water partition coefficient (Wildman–Crippen LogP) is 3.06. The van der Waals surface area contributed by atoms with Crippen molar-refractivity contribution in [2.24, 2.45) is 0 Å². The minimum Gasteiger partial charge on any atom is -0.386 e. The Balaban J connectivity index is 4.01. The number of aliphatic hydroxyl groups is 1. The Hall–Kier alpha value is -0.560. The highest BCUT2D eigenvalue weighted by atomic mass is 16.3. The summed E-state index contributed by atoms with van der Waals surface area (Å²) < 4.78 is 0. The molecular formula is C11H20O. The molecule has 12 heavy (non-hydrogen) atoms. The summed E-state index contributed by atoms with van der Waals surface area (Å²) in [5.74, 6) is 0. The lowest BCUT2D eigenvalue weighted by Crippen LogP contribution is -2.22. The molecule has 0 rings (SSSR count). The molecule has 0 saturated carbocycles. The minimum atomic E-state index is -0.599. The van der Waals surface area contributed by atoms with Gasteiger partial charge in [-0.15, -0.1) is 0 Å². The third-order valence-electron chi connectivity index (χ3n) is 2.11. The molecule has 0 heterocycles. The van der Waals surface area contributed by atoms with E-state index in [0.717, 1.165) is 19.3 Å². The Morgan fingerprint density at radius 3 is 2.08 bits per heavy atom. The molecule has 1 nitrogen and oxygen atoms in total. The van der Waals surface area contributed by atoms with Crippen LogP contribution in [0.3, 0.4) is 0 Å². The van der Waals surface area contributed by atoms with Gasteiger partial charge in [0.25, 0.3) is 0 Å². The second kappa shape index (κ2) is 6.01.